The summed E-state index contributed by atoms with van der Waals surface area (Å²) in [6, 6.07) is 6.00. The monoisotopic (exact) mass is 314 g/mol. The van der Waals surface area contributed by atoms with E-state index in [0.29, 0.717) is 17.5 Å². The molecule has 4 rings (SSSR count). The quantitative estimate of drug-likeness (QED) is 0.648. The number of hydroxylamine groups is 1. The molecule has 3 aliphatic rings. The Morgan fingerprint density at radius 3 is 2.78 bits per heavy atom. The zero-order valence-electron chi connectivity index (χ0n) is 13.2. The third kappa shape index (κ3) is 2.26. The van der Waals surface area contributed by atoms with Crippen LogP contribution in [0.15, 0.2) is 18.2 Å². The Bertz CT molecular complexity index is 668. The fraction of sp³-hybridized carbons (Fsp3) is 0.556. The van der Waals surface area contributed by atoms with Crippen molar-refractivity contribution in [2.75, 3.05) is 6.54 Å². The van der Waals surface area contributed by atoms with E-state index in [4.69, 9.17) is 5.21 Å². The standard InChI is InChI=1S/C18H22N2O3/c21-16(19-23)13-4-5-14-11-18(7-6-12(14)10-13)8-9-20(17(18)22)15-2-1-3-15/h4-5,10,15,23H,1-3,6-9,11H2,(H,19,21)/t18-/m1/s1. The third-order valence-electron chi connectivity index (χ3n) is 6.03. The van der Waals surface area contributed by atoms with Crippen LogP contribution >= 0.6 is 0 Å². The third-order valence-corrected chi connectivity index (χ3v) is 6.03. The molecule has 2 N–H and O–H groups in total. The molecule has 1 saturated carbocycles. The molecule has 0 unspecified atom stereocenters. The molecule has 0 radical (unpaired) electrons. The molecule has 2 aliphatic carbocycles. The highest BCUT2D eigenvalue weighted by Crippen LogP contribution is 2.46. The Labute approximate surface area is 135 Å². The predicted octanol–water partition coefficient (Wildman–Crippen LogP) is 2.07. The van der Waals surface area contributed by atoms with E-state index in [0.717, 1.165) is 50.6 Å². The second-order valence-corrected chi connectivity index (χ2v) is 7.21. The van der Waals surface area contributed by atoms with Gasteiger partial charge in [0.05, 0.1) is 5.41 Å². The van der Waals surface area contributed by atoms with Crippen LogP contribution in [0.2, 0.25) is 0 Å². The average Bonchev–Trinajstić information content (AvgIpc) is 2.82. The van der Waals surface area contributed by atoms with Crippen molar-refractivity contribution in [1.29, 1.82) is 0 Å². The second kappa shape index (κ2) is 5.34. The van der Waals surface area contributed by atoms with Gasteiger partial charge in [-0.25, -0.2) is 5.48 Å². The van der Waals surface area contributed by atoms with E-state index < -0.39 is 5.91 Å². The lowest BCUT2D eigenvalue weighted by Crippen LogP contribution is -2.45. The van der Waals surface area contributed by atoms with E-state index in [1.54, 1.807) is 11.5 Å². The topological polar surface area (TPSA) is 69.6 Å². The molecule has 2 fully saturated rings. The minimum Gasteiger partial charge on any atom is -0.339 e. The molecule has 0 bridgehead atoms. The summed E-state index contributed by atoms with van der Waals surface area (Å²) in [6.45, 7) is 0.907. The van der Waals surface area contributed by atoms with Crippen LogP contribution in [0.4, 0.5) is 0 Å². The van der Waals surface area contributed by atoms with Gasteiger partial charge in [-0.1, -0.05) is 6.07 Å². The molecule has 5 nitrogen and oxygen atoms in total. The molecular formula is C18H22N2O3. The molecular weight excluding hydrogens is 292 g/mol. The number of nitrogens with one attached hydrogen (secondary N) is 1. The van der Waals surface area contributed by atoms with E-state index in [2.05, 4.69) is 4.90 Å². The van der Waals surface area contributed by atoms with Crippen LogP contribution in [0, 0.1) is 5.41 Å². The maximum absolute atomic E-state index is 13.0. The second-order valence-electron chi connectivity index (χ2n) is 7.21. The normalized spacial score (nSPS) is 27.0. The highest BCUT2D eigenvalue weighted by atomic mass is 16.5. The summed E-state index contributed by atoms with van der Waals surface area (Å²) in [5.74, 6) is -0.133. The number of carbonyl (C=O) groups is 2. The van der Waals surface area contributed by atoms with Crippen molar-refractivity contribution >= 4 is 11.8 Å². The first-order valence-electron chi connectivity index (χ1n) is 8.50. The molecule has 1 saturated heterocycles. The highest BCUT2D eigenvalue weighted by Gasteiger charge is 2.50. The number of amides is 2. The molecule has 1 aromatic carbocycles. The van der Waals surface area contributed by atoms with Gasteiger partial charge in [0.1, 0.15) is 0 Å². The zero-order chi connectivity index (χ0) is 16.0. The molecule has 1 heterocycles. The first-order chi connectivity index (χ1) is 11.1. The van der Waals surface area contributed by atoms with Crippen molar-refractivity contribution in [3.05, 3.63) is 34.9 Å². The van der Waals surface area contributed by atoms with E-state index in [9.17, 15) is 9.59 Å². The van der Waals surface area contributed by atoms with Gasteiger partial charge in [0.15, 0.2) is 0 Å². The molecule has 23 heavy (non-hydrogen) atoms. The number of benzene rings is 1. The molecule has 1 atom stereocenters. The number of rotatable bonds is 2. The summed E-state index contributed by atoms with van der Waals surface area (Å²) in [4.78, 5) is 26.6. The van der Waals surface area contributed by atoms with Gasteiger partial charge in [-0.05, 0) is 68.2 Å². The predicted molar refractivity (Wildman–Crippen MR) is 84.1 cm³/mol. The molecule has 0 aromatic heterocycles. The summed E-state index contributed by atoms with van der Waals surface area (Å²) in [5, 5.41) is 8.75. The Kier molecular flexibility index (Phi) is 3.41. The average molecular weight is 314 g/mol. The van der Waals surface area contributed by atoms with Gasteiger partial charge in [-0.3, -0.25) is 14.8 Å². The molecule has 1 aromatic rings. The fourth-order valence-electron chi connectivity index (χ4n) is 4.35. The van der Waals surface area contributed by atoms with Crippen molar-refractivity contribution in [3.63, 3.8) is 0 Å². The Balaban J connectivity index is 1.57. The van der Waals surface area contributed by atoms with Gasteiger partial charge < -0.3 is 4.90 Å². The van der Waals surface area contributed by atoms with Crippen molar-refractivity contribution in [2.45, 2.75) is 51.0 Å². The molecule has 122 valence electrons. The van der Waals surface area contributed by atoms with Crippen LogP contribution in [0.3, 0.4) is 0 Å². The Hall–Kier alpha value is -1.88. The van der Waals surface area contributed by atoms with Gasteiger partial charge in [0, 0.05) is 18.2 Å². The van der Waals surface area contributed by atoms with Crippen molar-refractivity contribution in [1.82, 2.24) is 10.4 Å². The summed E-state index contributed by atoms with van der Waals surface area (Å²) < 4.78 is 0. The van der Waals surface area contributed by atoms with E-state index in [-0.39, 0.29) is 5.41 Å². The Morgan fingerprint density at radius 2 is 2.09 bits per heavy atom. The van der Waals surface area contributed by atoms with E-state index in [1.165, 1.54) is 12.0 Å². The van der Waals surface area contributed by atoms with Crippen molar-refractivity contribution < 1.29 is 14.8 Å². The number of aryl methyl sites for hydroxylation is 1. The lowest BCUT2D eigenvalue weighted by molar-refractivity contribution is -0.139. The van der Waals surface area contributed by atoms with Crippen LogP contribution in [0.1, 0.15) is 53.6 Å². The van der Waals surface area contributed by atoms with Crippen LogP contribution < -0.4 is 5.48 Å². The zero-order valence-corrected chi connectivity index (χ0v) is 13.2. The van der Waals surface area contributed by atoms with Crippen LogP contribution in [0.5, 0.6) is 0 Å². The molecule has 1 aliphatic heterocycles. The van der Waals surface area contributed by atoms with Gasteiger partial charge in [-0.2, -0.15) is 0 Å². The minimum atomic E-state index is -0.485. The number of hydrogen-bond donors (Lipinski definition) is 2. The number of nitrogens with zero attached hydrogens (tertiary/aromatic N) is 1. The summed E-state index contributed by atoms with van der Waals surface area (Å²) >= 11 is 0. The summed E-state index contributed by atoms with van der Waals surface area (Å²) in [6.07, 6.45) is 7.01. The highest BCUT2D eigenvalue weighted by molar-refractivity contribution is 5.93. The number of hydrogen-bond acceptors (Lipinski definition) is 3. The van der Waals surface area contributed by atoms with Crippen LogP contribution in [-0.4, -0.2) is 34.5 Å². The maximum Gasteiger partial charge on any atom is 0.274 e. The molecule has 1 spiro atoms. The number of fused-ring (bicyclic) bond motifs is 1. The van der Waals surface area contributed by atoms with Crippen molar-refractivity contribution in [2.24, 2.45) is 5.41 Å². The molecule has 2 amide bonds. The number of carbonyl (C=O) groups excluding carboxylic acids is 2. The van der Waals surface area contributed by atoms with Gasteiger partial charge in [-0.15, -0.1) is 0 Å². The SMILES string of the molecule is O=C(NO)c1ccc2c(c1)CC[C@@]1(CCN(C3CCC3)C1=O)C2. The lowest BCUT2D eigenvalue weighted by Gasteiger charge is -2.38. The number of likely N-dealkylation sites (tertiary alicyclic amines) is 1. The largest absolute Gasteiger partial charge is 0.339 e. The van der Waals surface area contributed by atoms with Gasteiger partial charge in [0.25, 0.3) is 5.91 Å². The van der Waals surface area contributed by atoms with Crippen LogP contribution in [-0.2, 0) is 17.6 Å². The lowest BCUT2D eigenvalue weighted by atomic mass is 9.70. The smallest absolute Gasteiger partial charge is 0.274 e. The van der Waals surface area contributed by atoms with Crippen molar-refractivity contribution in [3.8, 4) is 0 Å². The van der Waals surface area contributed by atoms with Gasteiger partial charge in [0.2, 0.25) is 5.91 Å². The Morgan fingerprint density at radius 1 is 1.26 bits per heavy atom. The van der Waals surface area contributed by atoms with Crippen LogP contribution in [0.25, 0.3) is 0 Å². The fourth-order valence-corrected chi connectivity index (χ4v) is 4.35. The maximum atomic E-state index is 13.0. The summed E-state index contributed by atoms with van der Waals surface area (Å²) in [5.41, 5.74) is 4.23. The van der Waals surface area contributed by atoms with E-state index >= 15 is 0 Å². The van der Waals surface area contributed by atoms with E-state index in [1.807, 2.05) is 12.1 Å². The van der Waals surface area contributed by atoms with Gasteiger partial charge >= 0.3 is 0 Å². The first-order valence-corrected chi connectivity index (χ1v) is 8.50. The first kappa shape index (κ1) is 14.7. The summed E-state index contributed by atoms with van der Waals surface area (Å²) in [7, 11) is 0. The molecule has 5 heteroatoms. The minimum absolute atomic E-state index is 0.219.